The molecule has 2 aromatic carbocycles. The minimum absolute atomic E-state index is 0.122. The molecule has 7 heteroatoms. The van der Waals surface area contributed by atoms with Gasteiger partial charge in [0.05, 0.1) is 16.6 Å². The maximum atomic E-state index is 12.9. The predicted octanol–water partition coefficient (Wildman–Crippen LogP) is 6.68. The average Bonchev–Trinajstić information content (AvgIpc) is 3.43. The number of carboxylic acids is 1. The highest BCUT2D eigenvalue weighted by Crippen LogP contribution is 2.39. The first-order chi connectivity index (χ1) is 18.0. The van der Waals surface area contributed by atoms with Crippen LogP contribution in [0.5, 0.6) is 5.75 Å². The zero-order valence-electron chi connectivity index (χ0n) is 21.3. The third-order valence-corrected chi connectivity index (χ3v) is 8.73. The van der Waals surface area contributed by atoms with Gasteiger partial charge in [-0.15, -0.1) is 11.3 Å². The molecule has 0 bridgehead atoms. The summed E-state index contributed by atoms with van der Waals surface area (Å²) < 4.78 is 6.27. The summed E-state index contributed by atoms with van der Waals surface area (Å²) in [5.41, 5.74) is 4.71. The quantitative estimate of drug-likeness (QED) is 0.377. The van der Waals surface area contributed by atoms with Crippen molar-refractivity contribution in [3.8, 4) is 17.0 Å². The van der Waals surface area contributed by atoms with E-state index in [-0.39, 0.29) is 11.8 Å². The summed E-state index contributed by atoms with van der Waals surface area (Å²) in [6, 6.07) is 13.9. The Morgan fingerprint density at radius 1 is 1.05 bits per heavy atom. The van der Waals surface area contributed by atoms with Gasteiger partial charge in [0, 0.05) is 35.5 Å². The van der Waals surface area contributed by atoms with Crippen LogP contribution < -0.4 is 4.74 Å². The van der Waals surface area contributed by atoms with E-state index in [4.69, 9.17) is 9.72 Å². The van der Waals surface area contributed by atoms with E-state index >= 15 is 0 Å². The van der Waals surface area contributed by atoms with Gasteiger partial charge in [0.15, 0.2) is 0 Å². The van der Waals surface area contributed by atoms with Crippen molar-refractivity contribution in [2.24, 2.45) is 5.92 Å². The van der Waals surface area contributed by atoms with Crippen molar-refractivity contribution in [1.29, 1.82) is 0 Å². The molecule has 6 nitrogen and oxygen atoms in total. The molecule has 2 aliphatic rings. The van der Waals surface area contributed by atoms with Gasteiger partial charge in [-0.05, 0) is 87.3 Å². The SMILES string of the molecule is Cc1cc(C(=O)N2CCCCC2)ccc1COc1ccccc1-c1csc(C2CCC(C(=O)O)CC2)n1. The lowest BCUT2D eigenvalue weighted by Gasteiger charge is -2.27. The molecule has 2 fully saturated rings. The van der Waals surface area contributed by atoms with Gasteiger partial charge < -0.3 is 14.7 Å². The number of amides is 1. The van der Waals surface area contributed by atoms with E-state index < -0.39 is 5.97 Å². The molecule has 5 rings (SSSR count). The first-order valence-corrected chi connectivity index (χ1v) is 14.2. The summed E-state index contributed by atoms with van der Waals surface area (Å²) in [5, 5.41) is 12.4. The van der Waals surface area contributed by atoms with Gasteiger partial charge in [-0.25, -0.2) is 4.98 Å². The number of benzene rings is 2. The molecule has 1 N–H and O–H groups in total. The number of carboxylic acid groups (broad SMARTS) is 1. The molecule has 1 amide bonds. The topological polar surface area (TPSA) is 79.7 Å². The lowest BCUT2D eigenvalue weighted by molar-refractivity contribution is -0.142. The zero-order valence-corrected chi connectivity index (χ0v) is 22.1. The molecule has 1 aliphatic carbocycles. The number of likely N-dealkylation sites (tertiary alicyclic amines) is 1. The largest absolute Gasteiger partial charge is 0.488 e. The molecule has 2 heterocycles. The van der Waals surface area contributed by atoms with Crippen LogP contribution in [0.25, 0.3) is 11.3 Å². The Labute approximate surface area is 222 Å². The summed E-state index contributed by atoms with van der Waals surface area (Å²) in [5.74, 6) is 0.336. The van der Waals surface area contributed by atoms with Crippen molar-refractivity contribution in [3.05, 3.63) is 69.5 Å². The molecule has 3 aromatic rings. The number of nitrogens with zero attached hydrogens (tertiary/aromatic N) is 2. The highest BCUT2D eigenvalue weighted by Gasteiger charge is 2.28. The van der Waals surface area contributed by atoms with Gasteiger partial charge in [-0.1, -0.05) is 18.2 Å². The van der Waals surface area contributed by atoms with Crippen molar-refractivity contribution in [2.75, 3.05) is 13.1 Å². The highest BCUT2D eigenvalue weighted by molar-refractivity contribution is 7.10. The van der Waals surface area contributed by atoms with E-state index in [1.165, 1.54) is 6.42 Å². The number of thiazole rings is 1. The van der Waals surface area contributed by atoms with E-state index in [1.54, 1.807) is 11.3 Å². The van der Waals surface area contributed by atoms with E-state index in [0.717, 1.165) is 90.3 Å². The lowest BCUT2D eigenvalue weighted by atomic mass is 9.82. The number of para-hydroxylation sites is 1. The van der Waals surface area contributed by atoms with Crippen LogP contribution in [0.3, 0.4) is 0 Å². The number of aromatic nitrogens is 1. The molecule has 1 aliphatic heterocycles. The Hall–Kier alpha value is -3.19. The van der Waals surface area contributed by atoms with Crippen LogP contribution in [0.2, 0.25) is 0 Å². The van der Waals surface area contributed by atoms with Crippen molar-refractivity contribution >= 4 is 23.2 Å². The lowest BCUT2D eigenvalue weighted by Crippen LogP contribution is -2.35. The summed E-state index contributed by atoms with van der Waals surface area (Å²) in [4.78, 5) is 31.0. The fraction of sp³-hybridized carbons (Fsp3) is 0.433. The summed E-state index contributed by atoms with van der Waals surface area (Å²) in [7, 11) is 0. The number of aliphatic carboxylic acids is 1. The van der Waals surface area contributed by atoms with Crippen LogP contribution >= 0.6 is 11.3 Å². The first kappa shape index (κ1) is 25.5. The van der Waals surface area contributed by atoms with Gasteiger partial charge in [-0.3, -0.25) is 9.59 Å². The molecular formula is C30H34N2O4S. The second-order valence-corrected chi connectivity index (χ2v) is 11.1. The van der Waals surface area contributed by atoms with Crippen LogP contribution in [-0.4, -0.2) is 40.0 Å². The molecule has 0 atom stereocenters. The molecule has 0 spiro atoms. The highest BCUT2D eigenvalue weighted by atomic mass is 32.1. The molecule has 37 heavy (non-hydrogen) atoms. The monoisotopic (exact) mass is 518 g/mol. The second-order valence-electron chi connectivity index (χ2n) is 10.2. The number of rotatable bonds is 7. The molecule has 1 aromatic heterocycles. The second kappa shape index (κ2) is 11.5. The summed E-state index contributed by atoms with van der Waals surface area (Å²) >= 11 is 1.65. The van der Waals surface area contributed by atoms with E-state index in [2.05, 4.69) is 5.38 Å². The summed E-state index contributed by atoms with van der Waals surface area (Å²) in [6.45, 7) is 4.14. The minimum atomic E-state index is -0.678. The molecule has 1 saturated heterocycles. The van der Waals surface area contributed by atoms with Crippen LogP contribution in [-0.2, 0) is 11.4 Å². The molecule has 194 valence electrons. The fourth-order valence-corrected chi connectivity index (χ4v) is 6.41. The number of aryl methyl sites for hydroxylation is 1. The Morgan fingerprint density at radius 3 is 2.54 bits per heavy atom. The van der Waals surface area contributed by atoms with Crippen molar-refractivity contribution < 1.29 is 19.4 Å². The predicted molar refractivity (Wildman–Crippen MR) is 145 cm³/mol. The number of carbonyl (C=O) groups excluding carboxylic acids is 1. The van der Waals surface area contributed by atoms with Gasteiger partial charge in [-0.2, -0.15) is 0 Å². The molecular weight excluding hydrogens is 484 g/mol. The smallest absolute Gasteiger partial charge is 0.306 e. The maximum Gasteiger partial charge on any atom is 0.306 e. The van der Waals surface area contributed by atoms with Crippen LogP contribution in [0.4, 0.5) is 0 Å². The fourth-order valence-electron chi connectivity index (χ4n) is 5.42. The third-order valence-electron chi connectivity index (χ3n) is 7.73. The zero-order chi connectivity index (χ0) is 25.8. The normalized spacial score (nSPS) is 20.0. The van der Waals surface area contributed by atoms with E-state index in [9.17, 15) is 14.7 Å². The number of hydrogen-bond donors (Lipinski definition) is 1. The van der Waals surface area contributed by atoms with Crippen molar-refractivity contribution in [3.63, 3.8) is 0 Å². The maximum absolute atomic E-state index is 12.9. The Morgan fingerprint density at radius 2 is 1.81 bits per heavy atom. The Bertz CT molecular complexity index is 1260. The Kier molecular flexibility index (Phi) is 7.89. The summed E-state index contributed by atoms with van der Waals surface area (Å²) in [6.07, 6.45) is 6.56. The van der Waals surface area contributed by atoms with Gasteiger partial charge in [0.1, 0.15) is 12.4 Å². The van der Waals surface area contributed by atoms with E-state index in [1.807, 2.05) is 54.3 Å². The first-order valence-electron chi connectivity index (χ1n) is 13.3. The van der Waals surface area contributed by atoms with E-state index in [0.29, 0.717) is 12.5 Å². The third kappa shape index (κ3) is 5.87. The number of carbonyl (C=O) groups is 2. The minimum Gasteiger partial charge on any atom is -0.488 e. The van der Waals surface area contributed by atoms with Gasteiger partial charge in [0.25, 0.3) is 5.91 Å². The Balaban J connectivity index is 1.25. The van der Waals surface area contributed by atoms with Crippen molar-refractivity contribution in [1.82, 2.24) is 9.88 Å². The number of piperidine rings is 1. The van der Waals surface area contributed by atoms with Gasteiger partial charge in [0.2, 0.25) is 0 Å². The standard InChI is InChI=1S/C30H34N2O4S/c1-20-17-23(29(33)32-15-5-2-6-16-32)13-14-24(20)18-36-27-8-4-3-7-25(27)26-19-37-28(31-26)21-9-11-22(12-10-21)30(34)35/h3-4,7-8,13-14,17,19,21-22H,2,5-6,9-12,15-16,18H2,1H3,(H,34,35). The molecule has 0 unspecified atom stereocenters. The molecule has 1 saturated carbocycles. The van der Waals surface area contributed by atoms with Crippen LogP contribution in [0.15, 0.2) is 47.8 Å². The van der Waals surface area contributed by atoms with Crippen LogP contribution in [0.1, 0.15) is 77.4 Å². The molecule has 0 radical (unpaired) electrons. The van der Waals surface area contributed by atoms with Gasteiger partial charge >= 0.3 is 5.97 Å². The van der Waals surface area contributed by atoms with Crippen LogP contribution in [0, 0.1) is 12.8 Å². The number of hydrogen-bond acceptors (Lipinski definition) is 5. The average molecular weight is 519 g/mol. The van der Waals surface area contributed by atoms with Crippen molar-refractivity contribution in [2.45, 2.75) is 64.4 Å². The number of ether oxygens (including phenoxy) is 1.